The number of carbonyl (C=O) groups is 2. The summed E-state index contributed by atoms with van der Waals surface area (Å²) in [7, 11) is 0. The van der Waals surface area contributed by atoms with E-state index < -0.39 is 0 Å². The number of amides is 2. The normalized spacial score (nSPS) is 27.7. The van der Waals surface area contributed by atoms with E-state index in [0.29, 0.717) is 0 Å². The summed E-state index contributed by atoms with van der Waals surface area (Å²) in [6.07, 6.45) is 0. The molecule has 0 radical (unpaired) electrons. The van der Waals surface area contributed by atoms with Gasteiger partial charge in [-0.2, -0.15) is 0 Å². The van der Waals surface area contributed by atoms with E-state index in [1.807, 2.05) is 45.0 Å². The molecule has 1 aliphatic heterocycles. The van der Waals surface area contributed by atoms with Crippen molar-refractivity contribution in [2.75, 3.05) is 11.4 Å². The lowest BCUT2D eigenvalue weighted by Crippen LogP contribution is -2.37. The lowest BCUT2D eigenvalue weighted by atomic mass is 10.0. The number of hydrogen-bond acceptors (Lipinski definition) is 3. The zero-order chi connectivity index (χ0) is 15.4. The number of carbonyl (C=O) groups excluding carboxylic acids is 2. The van der Waals surface area contributed by atoms with Gasteiger partial charge in [-0.1, -0.05) is 39.0 Å². The maximum atomic E-state index is 12.6. The number of hydrogen-bond donors (Lipinski definition) is 1. The predicted octanol–water partition coefficient (Wildman–Crippen LogP) is 2.50. The van der Waals surface area contributed by atoms with Crippen molar-refractivity contribution in [1.82, 2.24) is 5.32 Å². The lowest BCUT2D eigenvalue weighted by molar-refractivity contribution is -0.125. The number of anilines is 1. The summed E-state index contributed by atoms with van der Waals surface area (Å²) < 4.78 is 0. The number of benzene rings is 1. The highest BCUT2D eigenvalue weighted by molar-refractivity contribution is 6.26. The second-order valence-electron chi connectivity index (χ2n) is 6.63. The Morgan fingerprint density at radius 3 is 2.33 bits per heavy atom. The average Bonchev–Trinajstić information content (AvgIpc) is 2.90. The van der Waals surface area contributed by atoms with Gasteiger partial charge in [-0.25, -0.2) is 4.90 Å². The summed E-state index contributed by atoms with van der Waals surface area (Å²) in [6, 6.07) is 7.79. The zero-order valence-corrected chi connectivity index (χ0v) is 13.0. The molecule has 21 heavy (non-hydrogen) atoms. The Labute approximate surface area is 125 Å². The molecule has 4 heteroatoms. The smallest absolute Gasteiger partial charge is 0.238 e. The van der Waals surface area contributed by atoms with E-state index in [0.717, 1.165) is 17.8 Å². The van der Waals surface area contributed by atoms with Gasteiger partial charge >= 0.3 is 0 Å². The standard InChI is InChI=1S/C17H22N2O2/c1-5-18-10(2)11-8-6-7-9-12(11)19-15(20)13-14(16(19)21)17(13,3)4/h6-10,13-14,18H,5H2,1-4H3. The molecule has 3 rings (SSSR count). The van der Waals surface area contributed by atoms with Crippen LogP contribution in [0.2, 0.25) is 0 Å². The molecule has 3 atom stereocenters. The van der Waals surface area contributed by atoms with Gasteiger partial charge in [0.05, 0.1) is 17.5 Å². The van der Waals surface area contributed by atoms with Gasteiger partial charge in [0, 0.05) is 6.04 Å². The van der Waals surface area contributed by atoms with Crippen molar-refractivity contribution < 1.29 is 9.59 Å². The van der Waals surface area contributed by atoms with Crippen LogP contribution in [0.3, 0.4) is 0 Å². The molecule has 112 valence electrons. The first-order chi connectivity index (χ1) is 9.91. The SMILES string of the molecule is CCNC(C)c1ccccc1N1C(=O)C2C(C1=O)C2(C)C. The van der Waals surface area contributed by atoms with E-state index in [9.17, 15) is 9.59 Å². The fraction of sp³-hybridized carbons (Fsp3) is 0.529. The molecule has 1 aliphatic carbocycles. The number of imide groups is 1. The van der Waals surface area contributed by atoms with E-state index in [4.69, 9.17) is 0 Å². The summed E-state index contributed by atoms with van der Waals surface area (Å²) in [5, 5.41) is 3.34. The van der Waals surface area contributed by atoms with Crippen LogP contribution in [0.25, 0.3) is 0 Å². The van der Waals surface area contributed by atoms with Gasteiger partial charge in [0.1, 0.15) is 0 Å². The predicted molar refractivity (Wildman–Crippen MR) is 81.8 cm³/mol. The minimum absolute atomic E-state index is 0.0360. The molecule has 1 saturated heterocycles. The number of nitrogens with zero attached hydrogens (tertiary/aromatic N) is 1. The minimum Gasteiger partial charge on any atom is -0.310 e. The number of piperidine rings is 1. The van der Waals surface area contributed by atoms with Gasteiger partial charge in [0.25, 0.3) is 0 Å². The number of fused-ring (bicyclic) bond motifs is 1. The van der Waals surface area contributed by atoms with Crippen LogP contribution in [0, 0.1) is 17.3 Å². The van der Waals surface area contributed by atoms with Gasteiger partial charge in [-0.05, 0) is 30.5 Å². The molecule has 1 saturated carbocycles. The van der Waals surface area contributed by atoms with Crippen LogP contribution in [0.15, 0.2) is 24.3 Å². The van der Waals surface area contributed by atoms with Gasteiger partial charge in [-0.3, -0.25) is 9.59 Å². The van der Waals surface area contributed by atoms with Crippen LogP contribution in [-0.4, -0.2) is 18.4 Å². The summed E-state index contributed by atoms with van der Waals surface area (Å²) in [6.45, 7) is 8.95. The minimum atomic E-state index is -0.160. The molecule has 2 amide bonds. The van der Waals surface area contributed by atoms with Crippen molar-refractivity contribution in [1.29, 1.82) is 0 Å². The van der Waals surface area contributed by atoms with E-state index in [-0.39, 0.29) is 35.1 Å². The molecule has 3 unspecified atom stereocenters. The van der Waals surface area contributed by atoms with Gasteiger partial charge in [-0.15, -0.1) is 0 Å². The van der Waals surface area contributed by atoms with Crippen molar-refractivity contribution in [3.05, 3.63) is 29.8 Å². The molecule has 0 spiro atoms. The Kier molecular flexibility index (Phi) is 3.17. The molecular formula is C17H22N2O2. The first-order valence-electron chi connectivity index (χ1n) is 7.61. The largest absolute Gasteiger partial charge is 0.310 e. The quantitative estimate of drug-likeness (QED) is 0.865. The van der Waals surface area contributed by atoms with Crippen molar-refractivity contribution in [2.24, 2.45) is 17.3 Å². The fourth-order valence-corrected chi connectivity index (χ4v) is 3.66. The first kappa shape index (κ1) is 14.3. The highest BCUT2D eigenvalue weighted by Gasteiger charge is 2.72. The highest BCUT2D eigenvalue weighted by atomic mass is 16.2. The molecule has 2 aliphatic rings. The van der Waals surface area contributed by atoms with Crippen molar-refractivity contribution in [3.8, 4) is 0 Å². The molecule has 1 aromatic carbocycles. The van der Waals surface area contributed by atoms with Crippen molar-refractivity contribution in [2.45, 2.75) is 33.7 Å². The fourth-order valence-electron chi connectivity index (χ4n) is 3.66. The maximum Gasteiger partial charge on any atom is 0.238 e. The van der Waals surface area contributed by atoms with Gasteiger partial charge < -0.3 is 5.32 Å². The van der Waals surface area contributed by atoms with E-state index in [1.54, 1.807) is 0 Å². The maximum absolute atomic E-state index is 12.6. The van der Waals surface area contributed by atoms with Crippen LogP contribution in [0.5, 0.6) is 0 Å². The topological polar surface area (TPSA) is 49.4 Å². The van der Waals surface area contributed by atoms with Gasteiger partial charge in [0.2, 0.25) is 11.8 Å². The third kappa shape index (κ3) is 1.93. The molecule has 0 aromatic heterocycles. The van der Waals surface area contributed by atoms with Gasteiger partial charge in [0.15, 0.2) is 0 Å². The summed E-state index contributed by atoms with van der Waals surface area (Å²) in [4.78, 5) is 26.6. The van der Waals surface area contributed by atoms with Crippen molar-refractivity contribution in [3.63, 3.8) is 0 Å². The van der Waals surface area contributed by atoms with Crippen LogP contribution < -0.4 is 10.2 Å². The van der Waals surface area contributed by atoms with Crippen LogP contribution >= 0.6 is 0 Å². The molecular weight excluding hydrogens is 264 g/mol. The third-order valence-corrected chi connectivity index (χ3v) is 4.95. The van der Waals surface area contributed by atoms with E-state index in [1.165, 1.54) is 4.90 Å². The average molecular weight is 286 g/mol. The number of nitrogens with one attached hydrogen (secondary N) is 1. The third-order valence-electron chi connectivity index (χ3n) is 4.95. The lowest BCUT2D eigenvalue weighted by Gasteiger charge is -2.25. The molecule has 1 N–H and O–H groups in total. The number of rotatable bonds is 4. The Hall–Kier alpha value is -1.68. The zero-order valence-electron chi connectivity index (χ0n) is 13.0. The Balaban J connectivity index is 1.96. The summed E-state index contributed by atoms with van der Waals surface area (Å²) in [5.41, 5.74) is 1.58. The van der Waals surface area contributed by atoms with Crippen LogP contribution in [0.1, 0.15) is 39.3 Å². The van der Waals surface area contributed by atoms with Crippen LogP contribution in [-0.2, 0) is 9.59 Å². The van der Waals surface area contributed by atoms with E-state index in [2.05, 4.69) is 12.2 Å². The summed E-state index contributed by atoms with van der Waals surface area (Å²) in [5.74, 6) is -0.336. The van der Waals surface area contributed by atoms with E-state index >= 15 is 0 Å². The van der Waals surface area contributed by atoms with Crippen molar-refractivity contribution >= 4 is 17.5 Å². The highest BCUT2D eigenvalue weighted by Crippen LogP contribution is 2.63. The Morgan fingerprint density at radius 2 is 1.76 bits per heavy atom. The molecule has 4 nitrogen and oxygen atoms in total. The second-order valence-corrected chi connectivity index (χ2v) is 6.63. The Morgan fingerprint density at radius 1 is 1.19 bits per heavy atom. The second kappa shape index (κ2) is 4.67. The monoisotopic (exact) mass is 286 g/mol. The van der Waals surface area contributed by atoms with Crippen LogP contribution in [0.4, 0.5) is 5.69 Å². The number of para-hydroxylation sites is 1. The summed E-state index contributed by atoms with van der Waals surface area (Å²) >= 11 is 0. The molecule has 1 aromatic rings. The molecule has 0 bridgehead atoms. The molecule has 2 fully saturated rings. The first-order valence-corrected chi connectivity index (χ1v) is 7.61. The Bertz CT molecular complexity index is 585. The molecule has 1 heterocycles.